The van der Waals surface area contributed by atoms with Gasteiger partial charge in [0.15, 0.2) is 0 Å². The molecule has 2 nitrogen and oxygen atoms in total. The number of hydrogen-bond acceptors (Lipinski definition) is 3. The standard InChI is InChI=1S/C23H29NOS/c1-3-4-5-12-17-23(25)22(18-26-21-15-10-7-11-16-21)24-19(2)20-13-8-6-9-14-20/h6-11,13-16,19,22-25H,3-5,18H2,1-2H3/t19-,22-,23+/m0/s1. The number of aliphatic hydroxyl groups is 1. The van der Waals surface area contributed by atoms with Crippen molar-refractivity contribution < 1.29 is 5.11 Å². The zero-order valence-corrected chi connectivity index (χ0v) is 16.5. The summed E-state index contributed by atoms with van der Waals surface area (Å²) in [7, 11) is 0. The fourth-order valence-electron chi connectivity index (χ4n) is 2.63. The van der Waals surface area contributed by atoms with Crippen LogP contribution in [0.3, 0.4) is 0 Å². The molecule has 0 amide bonds. The van der Waals surface area contributed by atoms with Gasteiger partial charge >= 0.3 is 0 Å². The molecule has 0 saturated heterocycles. The van der Waals surface area contributed by atoms with Gasteiger partial charge in [0, 0.05) is 23.1 Å². The van der Waals surface area contributed by atoms with Crippen molar-refractivity contribution in [2.24, 2.45) is 0 Å². The summed E-state index contributed by atoms with van der Waals surface area (Å²) < 4.78 is 0. The first-order valence-corrected chi connectivity index (χ1v) is 10.3. The second kappa shape index (κ2) is 11.8. The van der Waals surface area contributed by atoms with E-state index in [0.717, 1.165) is 25.0 Å². The summed E-state index contributed by atoms with van der Waals surface area (Å²) in [5.74, 6) is 6.94. The fraction of sp³-hybridized carbons (Fsp3) is 0.391. The first-order valence-electron chi connectivity index (χ1n) is 9.36. The van der Waals surface area contributed by atoms with Crippen LogP contribution in [-0.2, 0) is 0 Å². The normalized spacial score (nSPS) is 14.1. The Morgan fingerprint density at radius 3 is 2.35 bits per heavy atom. The van der Waals surface area contributed by atoms with Crippen LogP contribution in [0.4, 0.5) is 0 Å². The molecule has 0 aliphatic rings. The van der Waals surface area contributed by atoms with E-state index in [1.807, 2.05) is 36.4 Å². The molecule has 0 heterocycles. The van der Waals surface area contributed by atoms with Crippen molar-refractivity contribution in [3.05, 3.63) is 66.2 Å². The molecular formula is C23H29NOS. The van der Waals surface area contributed by atoms with E-state index in [-0.39, 0.29) is 12.1 Å². The first-order chi connectivity index (χ1) is 12.7. The Kier molecular flexibility index (Phi) is 9.34. The van der Waals surface area contributed by atoms with Crippen LogP contribution < -0.4 is 5.32 Å². The van der Waals surface area contributed by atoms with Crippen LogP contribution in [0.2, 0.25) is 0 Å². The highest BCUT2D eigenvalue weighted by Gasteiger charge is 2.20. The van der Waals surface area contributed by atoms with E-state index >= 15 is 0 Å². The third kappa shape index (κ3) is 7.25. The second-order valence-corrected chi connectivity index (χ2v) is 7.49. The van der Waals surface area contributed by atoms with Crippen molar-refractivity contribution >= 4 is 11.8 Å². The lowest BCUT2D eigenvalue weighted by molar-refractivity contribution is 0.183. The molecule has 0 aliphatic heterocycles. The zero-order valence-electron chi connectivity index (χ0n) is 15.7. The largest absolute Gasteiger partial charge is 0.379 e. The van der Waals surface area contributed by atoms with E-state index < -0.39 is 6.10 Å². The van der Waals surface area contributed by atoms with Crippen LogP contribution >= 0.6 is 11.8 Å². The summed E-state index contributed by atoms with van der Waals surface area (Å²) in [5, 5.41) is 14.2. The number of aliphatic hydroxyl groups excluding tert-OH is 1. The average Bonchev–Trinajstić information content (AvgIpc) is 2.69. The summed E-state index contributed by atoms with van der Waals surface area (Å²) >= 11 is 1.75. The van der Waals surface area contributed by atoms with Gasteiger partial charge in [0.2, 0.25) is 0 Å². The third-order valence-electron chi connectivity index (χ3n) is 4.22. The van der Waals surface area contributed by atoms with Gasteiger partial charge in [0.1, 0.15) is 6.10 Å². The Morgan fingerprint density at radius 1 is 1.04 bits per heavy atom. The molecule has 138 valence electrons. The van der Waals surface area contributed by atoms with Crippen LogP contribution in [0.15, 0.2) is 65.6 Å². The maximum atomic E-state index is 10.6. The summed E-state index contributed by atoms with van der Waals surface area (Å²) in [5.41, 5.74) is 1.22. The number of thioether (sulfide) groups is 1. The highest BCUT2D eigenvalue weighted by Crippen LogP contribution is 2.21. The van der Waals surface area contributed by atoms with Gasteiger partial charge in [-0.3, -0.25) is 0 Å². The van der Waals surface area contributed by atoms with Crippen LogP contribution in [0, 0.1) is 11.8 Å². The van der Waals surface area contributed by atoms with Crippen molar-refractivity contribution in [2.75, 3.05) is 5.75 Å². The maximum Gasteiger partial charge on any atom is 0.130 e. The van der Waals surface area contributed by atoms with Crippen molar-refractivity contribution in [1.29, 1.82) is 0 Å². The van der Waals surface area contributed by atoms with Crippen molar-refractivity contribution in [3.8, 4) is 11.8 Å². The molecular weight excluding hydrogens is 338 g/mol. The Hall–Kier alpha value is -1.73. The monoisotopic (exact) mass is 367 g/mol. The van der Waals surface area contributed by atoms with Gasteiger partial charge in [0.25, 0.3) is 0 Å². The lowest BCUT2D eigenvalue weighted by Crippen LogP contribution is -2.42. The average molecular weight is 368 g/mol. The molecule has 2 aromatic carbocycles. The SMILES string of the molecule is CCCCC#C[C@@H](O)[C@H](CSc1ccccc1)N[C@@H](C)c1ccccc1. The Bertz CT molecular complexity index is 678. The Morgan fingerprint density at radius 2 is 1.69 bits per heavy atom. The van der Waals surface area contributed by atoms with Gasteiger partial charge in [-0.15, -0.1) is 17.7 Å². The van der Waals surface area contributed by atoms with E-state index in [9.17, 15) is 5.11 Å². The van der Waals surface area contributed by atoms with Crippen LogP contribution in [0.25, 0.3) is 0 Å². The molecule has 2 N–H and O–H groups in total. The molecule has 0 saturated carbocycles. The molecule has 3 heteroatoms. The summed E-state index contributed by atoms with van der Waals surface area (Å²) in [6.07, 6.45) is 2.38. The zero-order chi connectivity index (χ0) is 18.6. The van der Waals surface area contributed by atoms with Crippen molar-refractivity contribution in [2.45, 2.75) is 56.2 Å². The van der Waals surface area contributed by atoms with Gasteiger partial charge in [0.05, 0.1) is 6.04 Å². The topological polar surface area (TPSA) is 32.3 Å². The lowest BCUT2D eigenvalue weighted by atomic mass is 10.1. The first kappa shape index (κ1) is 20.6. The van der Waals surface area contributed by atoms with Crippen LogP contribution in [0.5, 0.6) is 0 Å². The lowest BCUT2D eigenvalue weighted by Gasteiger charge is -2.25. The summed E-state index contributed by atoms with van der Waals surface area (Å²) in [6, 6.07) is 20.7. The molecule has 2 aromatic rings. The maximum absolute atomic E-state index is 10.6. The molecule has 26 heavy (non-hydrogen) atoms. The minimum atomic E-state index is -0.672. The molecule has 0 aliphatic carbocycles. The smallest absolute Gasteiger partial charge is 0.130 e. The molecule has 0 aromatic heterocycles. The van der Waals surface area contributed by atoms with Gasteiger partial charge < -0.3 is 10.4 Å². The summed E-state index contributed by atoms with van der Waals surface area (Å²) in [4.78, 5) is 1.21. The van der Waals surface area contributed by atoms with Gasteiger partial charge in [-0.05, 0) is 31.0 Å². The predicted octanol–water partition coefficient (Wildman–Crippen LogP) is 5.05. The second-order valence-electron chi connectivity index (χ2n) is 6.40. The van der Waals surface area contributed by atoms with Gasteiger partial charge in [-0.1, -0.05) is 67.8 Å². The van der Waals surface area contributed by atoms with Gasteiger partial charge in [-0.25, -0.2) is 0 Å². The minimum Gasteiger partial charge on any atom is -0.379 e. The van der Waals surface area contributed by atoms with E-state index in [1.165, 1.54) is 10.5 Å². The highest BCUT2D eigenvalue weighted by atomic mass is 32.2. The Labute approximate surface area is 162 Å². The molecule has 0 bridgehead atoms. The molecule has 3 atom stereocenters. The number of unbranched alkanes of at least 4 members (excludes halogenated alkanes) is 2. The minimum absolute atomic E-state index is 0.0930. The van der Waals surface area contributed by atoms with Crippen LogP contribution in [-0.4, -0.2) is 23.0 Å². The number of hydrogen-bond donors (Lipinski definition) is 2. The third-order valence-corrected chi connectivity index (χ3v) is 5.35. The van der Waals surface area contributed by atoms with E-state index in [2.05, 4.69) is 55.3 Å². The molecule has 0 fully saturated rings. The molecule has 0 radical (unpaired) electrons. The van der Waals surface area contributed by atoms with Crippen molar-refractivity contribution in [3.63, 3.8) is 0 Å². The Balaban J connectivity index is 2.02. The quantitative estimate of drug-likeness (QED) is 0.369. The van der Waals surface area contributed by atoms with E-state index in [1.54, 1.807) is 11.8 Å². The van der Waals surface area contributed by atoms with Crippen molar-refractivity contribution in [1.82, 2.24) is 5.32 Å². The fourth-order valence-corrected chi connectivity index (χ4v) is 3.63. The number of benzene rings is 2. The summed E-state index contributed by atoms with van der Waals surface area (Å²) in [6.45, 7) is 4.28. The molecule has 0 spiro atoms. The van der Waals surface area contributed by atoms with E-state index in [0.29, 0.717) is 0 Å². The molecule has 0 unspecified atom stereocenters. The number of nitrogens with one attached hydrogen (secondary N) is 1. The van der Waals surface area contributed by atoms with Crippen LogP contribution in [0.1, 0.15) is 44.7 Å². The predicted molar refractivity (Wildman–Crippen MR) is 112 cm³/mol. The highest BCUT2D eigenvalue weighted by molar-refractivity contribution is 7.99. The van der Waals surface area contributed by atoms with Gasteiger partial charge in [-0.2, -0.15) is 0 Å². The number of rotatable bonds is 9. The molecule has 2 rings (SSSR count). The van der Waals surface area contributed by atoms with E-state index in [4.69, 9.17) is 0 Å².